The molecular formula is C17H12N4O2. The molecule has 0 aliphatic heterocycles. The molecule has 112 valence electrons. The van der Waals surface area contributed by atoms with E-state index in [-0.39, 0.29) is 12.2 Å². The van der Waals surface area contributed by atoms with Gasteiger partial charge in [0, 0.05) is 35.3 Å². The number of hydrogen-bond acceptors (Lipinski definition) is 5. The van der Waals surface area contributed by atoms with Crippen molar-refractivity contribution < 1.29 is 9.21 Å². The van der Waals surface area contributed by atoms with Crippen LogP contribution in [0.1, 0.15) is 16.2 Å². The number of ketones is 1. The van der Waals surface area contributed by atoms with Crippen LogP contribution in [0.4, 0.5) is 0 Å². The summed E-state index contributed by atoms with van der Waals surface area (Å²) in [6.45, 7) is 0. The Bertz CT molecular complexity index is 959. The first-order valence-corrected chi connectivity index (χ1v) is 7.11. The van der Waals surface area contributed by atoms with Crippen molar-refractivity contribution in [1.29, 1.82) is 0 Å². The number of aromatic nitrogens is 4. The van der Waals surface area contributed by atoms with Gasteiger partial charge in [-0.2, -0.15) is 5.10 Å². The van der Waals surface area contributed by atoms with E-state index in [1.807, 2.05) is 24.4 Å². The Balaban J connectivity index is 1.63. The molecule has 0 saturated heterocycles. The van der Waals surface area contributed by atoms with E-state index in [4.69, 9.17) is 4.42 Å². The van der Waals surface area contributed by atoms with Crippen LogP contribution in [0.3, 0.4) is 0 Å². The molecule has 0 saturated carbocycles. The maximum atomic E-state index is 12.2. The van der Waals surface area contributed by atoms with E-state index in [0.29, 0.717) is 17.0 Å². The van der Waals surface area contributed by atoms with Crippen molar-refractivity contribution in [2.24, 2.45) is 0 Å². The molecule has 6 heteroatoms. The highest BCUT2D eigenvalue weighted by atomic mass is 16.3. The molecule has 23 heavy (non-hydrogen) atoms. The summed E-state index contributed by atoms with van der Waals surface area (Å²) in [6, 6.07) is 9.17. The molecule has 6 nitrogen and oxygen atoms in total. The maximum Gasteiger partial charge on any atom is 0.172 e. The molecule has 0 unspecified atom stereocenters. The average Bonchev–Trinajstić information content (AvgIpc) is 3.24. The minimum absolute atomic E-state index is 0.0518. The van der Waals surface area contributed by atoms with Crippen molar-refractivity contribution in [2.45, 2.75) is 6.42 Å². The van der Waals surface area contributed by atoms with Gasteiger partial charge in [-0.05, 0) is 30.3 Å². The monoisotopic (exact) mass is 304 g/mol. The van der Waals surface area contributed by atoms with Gasteiger partial charge in [-0.1, -0.05) is 0 Å². The third-order valence-corrected chi connectivity index (χ3v) is 3.53. The fourth-order valence-corrected chi connectivity index (χ4v) is 2.38. The molecule has 0 aliphatic carbocycles. The molecule has 4 rings (SSSR count). The van der Waals surface area contributed by atoms with Gasteiger partial charge in [-0.25, -0.2) is 9.50 Å². The zero-order valence-corrected chi connectivity index (χ0v) is 12.1. The summed E-state index contributed by atoms with van der Waals surface area (Å²) in [7, 11) is 0. The standard InChI is InChI=1S/C17H12N4O2/c22-15(12-2-1-6-18-9-12)8-16-19-17-4-3-13(10-21(17)20-16)14-5-7-23-11-14/h1-7,9-11H,8H2. The van der Waals surface area contributed by atoms with Crippen LogP contribution in [0.15, 0.2) is 65.9 Å². The van der Waals surface area contributed by atoms with Gasteiger partial charge in [0.2, 0.25) is 0 Å². The van der Waals surface area contributed by atoms with E-state index < -0.39 is 0 Å². The van der Waals surface area contributed by atoms with Gasteiger partial charge in [0.05, 0.1) is 18.9 Å². The third-order valence-electron chi connectivity index (χ3n) is 3.53. The van der Waals surface area contributed by atoms with Crippen molar-refractivity contribution in [3.05, 3.63) is 72.8 Å². The topological polar surface area (TPSA) is 73.3 Å². The lowest BCUT2D eigenvalue weighted by Gasteiger charge is -1.97. The van der Waals surface area contributed by atoms with Gasteiger partial charge in [0.1, 0.15) is 0 Å². The van der Waals surface area contributed by atoms with Crippen LogP contribution in [-0.4, -0.2) is 25.4 Å². The van der Waals surface area contributed by atoms with Gasteiger partial charge in [-0.3, -0.25) is 9.78 Å². The van der Waals surface area contributed by atoms with Gasteiger partial charge < -0.3 is 4.42 Å². The molecule has 4 aromatic heterocycles. The molecule has 0 N–H and O–H groups in total. The highest BCUT2D eigenvalue weighted by molar-refractivity contribution is 5.96. The Morgan fingerprint density at radius 2 is 2.13 bits per heavy atom. The third kappa shape index (κ3) is 2.62. The quantitative estimate of drug-likeness (QED) is 0.542. The fourth-order valence-electron chi connectivity index (χ4n) is 2.38. The number of rotatable bonds is 4. The first kappa shape index (κ1) is 13.4. The minimum Gasteiger partial charge on any atom is -0.472 e. The Hall–Kier alpha value is -3.28. The van der Waals surface area contributed by atoms with E-state index in [1.165, 1.54) is 0 Å². The van der Waals surface area contributed by atoms with Crippen LogP contribution in [-0.2, 0) is 6.42 Å². The summed E-state index contributed by atoms with van der Waals surface area (Å²) in [5.74, 6) is 0.437. The summed E-state index contributed by atoms with van der Waals surface area (Å²) >= 11 is 0. The number of Topliss-reactive ketones (excluding diaryl/α,β-unsaturated/α-hetero) is 1. The second-order valence-electron chi connectivity index (χ2n) is 5.10. The summed E-state index contributed by atoms with van der Waals surface area (Å²) in [6.07, 6.45) is 8.50. The first-order valence-electron chi connectivity index (χ1n) is 7.11. The smallest absolute Gasteiger partial charge is 0.172 e. The number of carbonyl (C=O) groups is 1. The highest BCUT2D eigenvalue weighted by Gasteiger charge is 2.12. The van der Waals surface area contributed by atoms with Crippen molar-refractivity contribution in [1.82, 2.24) is 19.6 Å². The van der Waals surface area contributed by atoms with Crippen LogP contribution in [0.5, 0.6) is 0 Å². The molecule has 0 aliphatic rings. The van der Waals surface area contributed by atoms with Gasteiger partial charge in [0.15, 0.2) is 17.3 Å². The molecule has 0 bridgehead atoms. The zero-order valence-electron chi connectivity index (χ0n) is 12.1. The van der Waals surface area contributed by atoms with Crippen LogP contribution in [0, 0.1) is 0 Å². The molecule has 0 amide bonds. The molecule has 0 radical (unpaired) electrons. The number of furan rings is 1. The number of hydrogen-bond donors (Lipinski definition) is 0. The molecule has 0 aromatic carbocycles. The summed E-state index contributed by atoms with van der Waals surface area (Å²) in [5, 5.41) is 4.38. The predicted octanol–water partition coefficient (Wildman–Crippen LogP) is 2.81. The molecule has 0 fully saturated rings. The van der Waals surface area contributed by atoms with Crippen LogP contribution in [0.25, 0.3) is 16.8 Å². The lowest BCUT2D eigenvalue weighted by molar-refractivity contribution is 0.0990. The van der Waals surface area contributed by atoms with Crippen molar-refractivity contribution in [3.8, 4) is 11.1 Å². The lowest BCUT2D eigenvalue weighted by Crippen LogP contribution is -2.05. The molecule has 0 atom stereocenters. The van der Waals surface area contributed by atoms with E-state index in [1.54, 1.807) is 41.6 Å². The van der Waals surface area contributed by atoms with Crippen molar-refractivity contribution in [3.63, 3.8) is 0 Å². The Kier molecular flexibility index (Phi) is 3.20. The molecule has 4 aromatic rings. The average molecular weight is 304 g/mol. The summed E-state index contributed by atoms with van der Waals surface area (Å²) in [4.78, 5) is 20.5. The Morgan fingerprint density at radius 3 is 2.91 bits per heavy atom. The van der Waals surface area contributed by atoms with E-state index in [2.05, 4.69) is 15.1 Å². The highest BCUT2D eigenvalue weighted by Crippen LogP contribution is 2.20. The van der Waals surface area contributed by atoms with E-state index in [0.717, 1.165) is 11.1 Å². The number of nitrogens with zero attached hydrogens (tertiary/aromatic N) is 4. The fraction of sp³-hybridized carbons (Fsp3) is 0.0588. The van der Waals surface area contributed by atoms with E-state index >= 15 is 0 Å². The van der Waals surface area contributed by atoms with Crippen molar-refractivity contribution in [2.75, 3.05) is 0 Å². The zero-order chi connectivity index (χ0) is 15.6. The van der Waals surface area contributed by atoms with Crippen molar-refractivity contribution >= 4 is 11.4 Å². The Morgan fingerprint density at radius 1 is 1.17 bits per heavy atom. The molecule has 4 heterocycles. The van der Waals surface area contributed by atoms with Gasteiger partial charge in [0.25, 0.3) is 0 Å². The second kappa shape index (κ2) is 5.49. The minimum atomic E-state index is -0.0518. The normalized spacial score (nSPS) is 11.0. The Labute approximate surface area is 131 Å². The van der Waals surface area contributed by atoms with Crippen LogP contribution >= 0.6 is 0 Å². The lowest BCUT2D eigenvalue weighted by atomic mass is 10.1. The molecule has 0 spiro atoms. The summed E-state index contributed by atoms with van der Waals surface area (Å²) < 4.78 is 6.77. The predicted molar refractivity (Wildman–Crippen MR) is 83.0 cm³/mol. The first-order chi connectivity index (χ1) is 11.3. The number of pyridine rings is 2. The van der Waals surface area contributed by atoms with Gasteiger partial charge >= 0.3 is 0 Å². The number of fused-ring (bicyclic) bond motifs is 1. The second-order valence-corrected chi connectivity index (χ2v) is 5.10. The SMILES string of the molecule is O=C(Cc1nc2ccc(-c3ccoc3)cn2n1)c1cccnc1. The molecular weight excluding hydrogens is 292 g/mol. The number of carbonyl (C=O) groups excluding carboxylic acids is 1. The van der Waals surface area contributed by atoms with Gasteiger partial charge in [-0.15, -0.1) is 0 Å². The van der Waals surface area contributed by atoms with Crippen LogP contribution < -0.4 is 0 Å². The van der Waals surface area contributed by atoms with Crippen LogP contribution in [0.2, 0.25) is 0 Å². The maximum absolute atomic E-state index is 12.2. The summed E-state index contributed by atoms with van der Waals surface area (Å²) in [5.41, 5.74) is 3.20. The largest absolute Gasteiger partial charge is 0.472 e. The van der Waals surface area contributed by atoms with E-state index in [9.17, 15) is 4.79 Å².